The number of aryl methyl sites for hydroxylation is 1. The van der Waals surface area contributed by atoms with Gasteiger partial charge in [-0.05, 0) is 14.0 Å². The van der Waals surface area contributed by atoms with E-state index >= 15 is 0 Å². The normalized spacial score (nSPS) is 10.8. The van der Waals surface area contributed by atoms with E-state index in [-0.39, 0.29) is 0 Å². The number of aromatic nitrogens is 3. The molecule has 2 aromatic heterocycles. The molecule has 15 heavy (non-hydrogen) atoms. The Bertz CT molecular complexity index is 432. The predicted octanol–water partition coefficient (Wildman–Crippen LogP) is 1.42. The van der Waals surface area contributed by atoms with Crippen LogP contribution in [0.4, 0.5) is 0 Å². The number of hydrogen-bond acceptors (Lipinski definition) is 4. The van der Waals surface area contributed by atoms with Crippen molar-refractivity contribution in [3.63, 3.8) is 0 Å². The summed E-state index contributed by atoms with van der Waals surface area (Å²) in [4.78, 5) is 9.66. The zero-order valence-electron chi connectivity index (χ0n) is 8.90. The fraction of sp³-hybridized carbons (Fsp3) is 0.400. The molecular formula is C10H14N4S. The molecule has 0 aliphatic heterocycles. The van der Waals surface area contributed by atoms with Gasteiger partial charge in [-0.2, -0.15) is 0 Å². The Balaban J connectivity index is 2.13. The van der Waals surface area contributed by atoms with Gasteiger partial charge in [0.2, 0.25) is 0 Å². The second kappa shape index (κ2) is 4.55. The Morgan fingerprint density at radius 3 is 3.00 bits per heavy atom. The zero-order chi connectivity index (χ0) is 10.7. The first-order chi connectivity index (χ1) is 7.29. The highest BCUT2D eigenvalue weighted by Crippen LogP contribution is 2.14. The number of nitrogens with zero attached hydrogens (tertiary/aromatic N) is 3. The van der Waals surface area contributed by atoms with Crippen molar-refractivity contribution in [1.29, 1.82) is 0 Å². The van der Waals surface area contributed by atoms with Crippen LogP contribution in [0.1, 0.15) is 15.6 Å². The van der Waals surface area contributed by atoms with E-state index < -0.39 is 0 Å². The standard InChI is InChI=1S/C10H14N4S/c1-8-13-5-10(15-8)6-14-7-12-4-9(14)3-11-2/h4-5,7,11H,3,6H2,1-2H3. The van der Waals surface area contributed by atoms with Gasteiger partial charge in [0, 0.05) is 23.8 Å². The lowest BCUT2D eigenvalue weighted by Crippen LogP contribution is -2.10. The fourth-order valence-electron chi connectivity index (χ4n) is 1.47. The molecule has 2 rings (SSSR count). The highest BCUT2D eigenvalue weighted by atomic mass is 32.1. The van der Waals surface area contributed by atoms with Gasteiger partial charge in [0.25, 0.3) is 0 Å². The van der Waals surface area contributed by atoms with Crippen LogP contribution in [-0.4, -0.2) is 21.6 Å². The number of nitrogens with one attached hydrogen (secondary N) is 1. The van der Waals surface area contributed by atoms with Gasteiger partial charge in [-0.1, -0.05) is 0 Å². The molecule has 0 aliphatic carbocycles. The SMILES string of the molecule is CNCc1cncn1Cc1cnc(C)s1. The molecule has 1 N–H and O–H groups in total. The number of hydrogen-bond donors (Lipinski definition) is 1. The summed E-state index contributed by atoms with van der Waals surface area (Å²) < 4.78 is 2.14. The Morgan fingerprint density at radius 1 is 1.47 bits per heavy atom. The van der Waals surface area contributed by atoms with Crippen molar-refractivity contribution in [2.24, 2.45) is 0 Å². The molecular weight excluding hydrogens is 208 g/mol. The molecule has 0 radical (unpaired) electrons. The van der Waals surface area contributed by atoms with Crippen LogP contribution in [0.15, 0.2) is 18.7 Å². The topological polar surface area (TPSA) is 42.7 Å². The summed E-state index contributed by atoms with van der Waals surface area (Å²) in [6.07, 6.45) is 5.69. The minimum absolute atomic E-state index is 0.845. The van der Waals surface area contributed by atoms with Crippen LogP contribution in [0.3, 0.4) is 0 Å². The van der Waals surface area contributed by atoms with Crippen LogP contribution in [0.2, 0.25) is 0 Å². The third-order valence-corrected chi connectivity index (χ3v) is 3.05. The van der Waals surface area contributed by atoms with Gasteiger partial charge in [0.1, 0.15) is 0 Å². The summed E-state index contributed by atoms with van der Waals surface area (Å²) in [6, 6.07) is 0. The van der Waals surface area contributed by atoms with E-state index in [1.54, 1.807) is 11.3 Å². The van der Waals surface area contributed by atoms with E-state index in [9.17, 15) is 0 Å². The van der Waals surface area contributed by atoms with Gasteiger partial charge in [0.05, 0.1) is 23.6 Å². The van der Waals surface area contributed by atoms with Crippen LogP contribution in [0.5, 0.6) is 0 Å². The lowest BCUT2D eigenvalue weighted by atomic mass is 10.4. The molecule has 0 aromatic carbocycles. The summed E-state index contributed by atoms with van der Waals surface area (Å²) in [6.45, 7) is 3.73. The predicted molar refractivity (Wildman–Crippen MR) is 60.9 cm³/mol. The summed E-state index contributed by atoms with van der Waals surface area (Å²) in [5, 5.41) is 4.24. The quantitative estimate of drug-likeness (QED) is 0.850. The van der Waals surface area contributed by atoms with E-state index in [2.05, 4.69) is 19.9 Å². The van der Waals surface area contributed by atoms with Crippen LogP contribution in [0.25, 0.3) is 0 Å². The van der Waals surface area contributed by atoms with Gasteiger partial charge >= 0.3 is 0 Å². The zero-order valence-corrected chi connectivity index (χ0v) is 9.71. The summed E-state index contributed by atoms with van der Waals surface area (Å²) in [5.74, 6) is 0. The van der Waals surface area contributed by atoms with Crippen molar-refractivity contribution in [1.82, 2.24) is 19.9 Å². The Hall–Kier alpha value is -1.20. The van der Waals surface area contributed by atoms with Gasteiger partial charge in [0.15, 0.2) is 0 Å². The van der Waals surface area contributed by atoms with Crippen molar-refractivity contribution in [3.05, 3.63) is 34.3 Å². The Labute approximate surface area is 93.0 Å². The maximum absolute atomic E-state index is 4.24. The lowest BCUT2D eigenvalue weighted by molar-refractivity contribution is 0.697. The molecule has 0 amide bonds. The molecule has 5 heteroatoms. The number of imidazole rings is 1. The number of rotatable bonds is 4. The first-order valence-corrected chi connectivity index (χ1v) is 5.66. The van der Waals surface area contributed by atoms with Gasteiger partial charge in [-0.3, -0.25) is 0 Å². The second-order valence-electron chi connectivity index (χ2n) is 3.39. The van der Waals surface area contributed by atoms with Crippen LogP contribution in [-0.2, 0) is 13.1 Å². The molecule has 0 bridgehead atoms. The molecule has 0 spiro atoms. The summed E-state index contributed by atoms with van der Waals surface area (Å²) in [5.41, 5.74) is 1.20. The molecule has 2 aromatic rings. The molecule has 0 saturated heterocycles. The number of thiazole rings is 1. The van der Waals surface area contributed by atoms with Crippen LogP contribution in [0, 0.1) is 6.92 Å². The molecule has 80 valence electrons. The van der Waals surface area contributed by atoms with Crippen LogP contribution >= 0.6 is 11.3 Å². The monoisotopic (exact) mass is 222 g/mol. The molecule has 4 nitrogen and oxygen atoms in total. The molecule has 0 unspecified atom stereocenters. The van der Waals surface area contributed by atoms with E-state index in [0.29, 0.717) is 0 Å². The highest BCUT2D eigenvalue weighted by Gasteiger charge is 2.03. The lowest BCUT2D eigenvalue weighted by Gasteiger charge is -2.05. The third-order valence-electron chi connectivity index (χ3n) is 2.15. The highest BCUT2D eigenvalue weighted by molar-refractivity contribution is 7.11. The minimum Gasteiger partial charge on any atom is -0.328 e. The van der Waals surface area contributed by atoms with E-state index in [4.69, 9.17) is 0 Å². The van der Waals surface area contributed by atoms with Crippen molar-refractivity contribution >= 4 is 11.3 Å². The molecule has 0 aliphatic rings. The first-order valence-electron chi connectivity index (χ1n) is 4.84. The summed E-state index contributed by atoms with van der Waals surface area (Å²) >= 11 is 1.73. The van der Waals surface area contributed by atoms with Gasteiger partial charge in [-0.25, -0.2) is 9.97 Å². The smallest absolute Gasteiger partial charge is 0.0952 e. The largest absolute Gasteiger partial charge is 0.328 e. The van der Waals surface area contributed by atoms with E-state index in [1.165, 1.54) is 10.6 Å². The van der Waals surface area contributed by atoms with Crippen molar-refractivity contribution < 1.29 is 0 Å². The Kier molecular flexibility index (Phi) is 3.13. The maximum Gasteiger partial charge on any atom is 0.0952 e. The fourth-order valence-corrected chi connectivity index (χ4v) is 2.26. The van der Waals surface area contributed by atoms with E-state index in [0.717, 1.165) is 18.1 Å². The van der Waals surface area contributed by atoms with E-state index in [1.807, 2.05) is 32.7 Å². The first kappa shape index (κ1) is 10.3. The van der Waals surface area contributed by atoms with Gasteiger partial charge in [-0.15, -0.1) is 11.3 Å². The second-order valence-corrected chi connectivity index (χ2v) is 4.71. The van der Waals surface area contributed by atoms with Crippen LogP contribution < -0.4 is 5.32 Å². The van der Waals surface area contributed by atoms with Crippen molar-refractivity contribution in [2.45, 2.75) is 20.0 Å². The van der Waals surface area contributed by atoms with Gasteiger partial charge < -0.3 is 9.88 Å². The molecule has 0 atom stereocenters. The maximum atomic E-state index is 4.24. The molecule has 0 fully saturated rings. The average molecular weight is 222 g/mol. The third kappa shape index (κ3) is 2.43. The Morgan fingerprint density at radius 2 is 2.33 bits per heavy atom. The molecule has 0 saturated carbocycles. The average Bonchev–Trinajstić information content (AvgIpc) is 2.78. The van der Waals surface area contributed by atoms with Crippen molar-refractivity contribution in [3.8, 4) is 0 Å². The summed E-state index contributed by atoms with van der Waals surface area (Å²) in [7, 11) is 1.94. The molecule has 2 heterocycles. The van der Waals surface area contributed by atoms with Crippen molar-refractivity contribution in [2.75, 3.05) is 7.05 Å². The minimum atomic E-state index is 0.845.